The van der Waals surface area contributed by atoms with Gasteiger partial charge in [0, 0.05) is 32.6 Å². The Morgan fingerprint density at radius 3 is 1.86 bits per heavy atom. The van der Waals surface area contributed by atoms with E-state index in [9.17, 15) is 5.11 Å². The minimum atomic E-state index is -0.587. The Morgan fingerprint density at radius 1 is 1.05 bits per heavy atom. The summed E-state index contributed by atoms with van der Waals surface area (Å²) in [5, 5.41) is 10.2. The quantitative estimate of drug-likeness (QED) is 0.763. The number of methoxy groups -OCH3 is 2. The molecule has 0 aromatic carbocycles. The number of hydrogen-bond acceptors (Lipinski definition) is 3. The van der Waals surface area contributed by atoms with Crippen LogP contribution in [0.1, 0.15) is 26.2 Å². The highest BCUT2D eigenvalue weighted by atomic mass is 16.5. The van der Waals surface area contributed by atoms with E-state index < -0.39 is 17.3 Å². The number of rotatable bonds is 6. The van der Waals surface area contributed by atoms with Crippen molar-refractivity contribution in [3.63, 3.8) is 0 Å². The molecule has 0 aromatic rings. The molecular formula is C19H26O3. The van der Waals surface area contributed by atoms with Gasteiger partial charge in [0.05, 0.1) is 6.10 Å². The number of aliphatic hydroxyl groups excluding tert-OH is 1. The van der Waals surface area contributed by atoms with E-state index in [0.717, 1.165) is 18.4 Å². The molecule has 1 N–H and O–H groups in total. The molecule has 0 aromatic heterocycles. The summed E-state index contributed by atoms with van der Waals surface area (Å²) < 4.78 is 11.8. The minimum Gasteiger partial charge on any atom is -0.389 e. The Hall–Kier alpha value is -1.42. The molecule has 0 heterocycles. The molecule has 0 aliphatic heterocycles. The number of allylic oxidation sites excluding steroid dienone is 4. The molecule has 2 rings (SSSR count). The summed E-state index contributed by atoms with van der Waals surface area (Å²) in [6.07, 6.45) is 19.8. The molecule has 0 spiro atoms. The van der Waals surface area contributed by atoms with Crippen LogP contribution in [0.5, 0.6) is 0 Å². The van der Waals surface area contributed by atoms with Crippen LogP contribution in [0.25, 0.3) is 0 Å². The largest absolute Gasteiger partial charge is 0.389 e. The van der Waals surface area contributed by atoms with Crippen LogP contribution in [0, 0.1) is 0 Å². The van der Waals surface area contributed by atoms with Gasteiger partial charge in [0.2, 0.25) is 0 Å². The molecule has 3 atom stereocenters. The first-order valence-electron chi connectivity index (χ1n) is 7.82. The standard InChI is InChI=1S/C19H26O3/c1-4-16(20)15-17(18(21-2)11-7-5-8-12-18)19(22-3)13-9-6-10-14-19/h5-11,13,15-16,20H,4,12,14H2,1-3H3. The topological polar surface area (TPSA) is 38.7 Å². The summed E-state index contributed by atoms with van der Waals surface area (Å²) in [5.74, 6) is 0. The van der Waals surface area contributed by atoms with E-state index >= 15 is 0 Å². The molecule has 3 heteroatoms. The van der Waals surface area contributed by atoms with Crippen molar-refractivity contribution in [1.29, 1.82) is 0 Å². The van der Waals surface area contributed by atoms with E-state index in [4.69, 9.17) is 9.47 Å². The zero-order valence-electron chi connectivity index (χ0n) is 13.7. The van der Waals surface area contributed by atoms with Crippen molar-refractivity contribution in [1.82, 2.24) is 0 Å². The fourth-order valence-corrected chi connectivity index (χ4v) is 3.07. The number of ether oxygens (including phenoxy) is 2. The average Bonchev–Trinajstić information content (AvgIpc) is 2.60. The van der Waals surface area contributed by atoms with Crippen molar-refractivity contribution in [3.05, 3.63) is 60.3 Å². The maximum atomic E-state index is 10.2. The summed E-state index contributed by atoms with van der Waals surface area (Å²) in [6.45, 7) is 1.96. The lowest BCUT2D eigenvalue weighted by atomic mass is 9.73. The lowest BCUT2D eigenvalue weighted by Crippen LogP contribution is -2.46. The van der Waals surface area contributed by atoms with Crippen molar-refractivity contribution >= 4 is 0 Å². The van der Waals surface area contributed by atoms with Gasteiger partial charge in [-0.25, -0.2) is 0 Å². The second-order valence-electron chi connectivity index (χ2n) is 5.73. The van der Waals surface area contributed by atoms with E-state index in [-0.39, 0.29) is 0 Å². The molecular weight excluding hydrogens is 276 g/mol. The van der Waals surface area contributed by atoms with Crippen LogP contribution in [0.4, 0.5) is 0 Å². The third-order valence-electron chi connectivity index (χ3n) is 4.49. The Labute approximate surface area is 133 Å². The maximum absolute atomic E-state index is 10.2. The second kappa shape index (κ2) is 7.23. The van der Waals surface area contributed by atoms with E-state index in [0.29, 0.717) is 6.42 Å². The molecule has 3 unspecified atom stereocenters. The van der Waals surface area contributed by atoms with E-state index in [2.05, 4.69) is 12.2 Å². The van der Waals surface area contributed by atoms with Crippen molar-refractivity contribution < 1.29 is 14.6 Å². The summed E-state index contributed by atoms with van der Waals surface area (Å²) in [6, 6.07) is 0. The fraction of sp³-hybridized carbons (Fsp3) is 0.474. The molecule has 0 amide bonds. The normalized spacial score (nSPS) is 31.3. The van der Waals surface area contributed by atoms with Gasteiger partial charge in [-0.1, -0.05) is 49.5 Å². The fourth-order valence-electron chi connectivity index (χ4n) is 3.07. The molecule has 0 saturated heterocycles. The molecule has 0 fully saturated rings. The monoisotopic (exact) mass is 302 g/mol. The Bertz CT molecular complexity index is 487. The van der Waals surface area contributed by atoms with Gasteiger partial charge in [-0.15, -0.1) is 0 Å². The SMILES string of the molecule is CCC(O)C=C(C1(OC)C=CC=CC1)C1(OC)C=CC=CC1. The molecule has 120 valence electrons. The molecule has 0 bridgehead atoms. The number of hydrogen-bond donors (Lipinski definition) is 1. The summed E-state index contributed by atoms with van der Waals surface area (Å²) in [5.41, 5.74) is -0.215. The van der Waals surface area contributed by atoms with Crippen LogP contribution in [0.2, 0.25) is 0 Å². The van der Waals surface area contributed by atoms with Gasteiger partial charge in [-0.05, 0) is 18.6 Å². The van der Waals surface area contributed by atoms with Crippen LogP contribution in [-0.2, 0) is 9.47 Å². The summed E-state index contributed by atoms with van der Waals surface area (Å²) in [7, 11) is 3.42. The highest BCUT2D eigenvalue weighted by Gasteiger charge is 2.44. The molecule has 0 radical (unpaired) electrons. The maximum Gasteiger partial charge on any atom is 0.114 e. The third-order valence-corrected chi connectivity index (χ3v) is 4.49. The average molecular weight is 302 g/mol. The first-order valence-corrected chi connectivity index (χ1v) is 7.82. The van der Waals surface area contributed by atoms with Gasteiger partial charge in [0.25, 0.3) is 0 Å². The third kappa shape index (κ3) is 3.17. The molecule has 3 nitrogen and oxygen atoms in total. The molecule has 2 aliphatic rings. The van der Waals surface area contributed by atoms with Crippen molar-refractivity contribution in [2.75, 3.05) is 14.2 Å². The smallest absolute Gasteiger partial charge is 0.114 e. The van der Waals surface area contributed by atoms with E-state index in [1.807, 2.05) is 49.5 Å². The first-order chi connectivity index (χ1) is 10.6. The van der Waals surface area contributed by atoms with Gasteiger partial charge < -0.3 is 14.6 Å². The first kappa shape index (κ1) is 16.9. The highest BCUT2D eigenvalue weighted by molar-refractivity contribution is 5.44. The van der Waals surface area contributed by atoms with Gasteiger partial charge in [-0.3, -0.25) is 0 Å². The van der Waals surface area contributed by atoms with Crippen molar-refractivity contribution in [2.24, 2.45) is 0 Å². The van der Waals surface area contributed by atoms with Gasteiger partial charge in [0.15, 0.2) is 0 Å². The molecule has 2 aliphatic carbocycles. The Kier molecular flexibility index (Phi) is 5.57. The van der Waals surface area contributed by atoms with Gasteiger partial charge in [0.1, 0.15) is 11.2 Å². The predicted octanol–water partition coefficient (Wildman–Crippen LogP) is 3.49. The Balaban J connectivity index is 2.54. The Morgan fingerprint density at radius 2 is 1.55 bits per heavy atom. The highest BCUT2D eigenvalue weighted by Crippen LogP contribution is 2.42. The van der Waals surface area contributed by atoms with E-state index in [1.165, 1.54) is 0 Å². The van der Waals surface area contributed by atoms with Crippen LogP contribution in [0.15, 0.2) is 60.3 Å². The van der Waals surface area contributed by atoms with Crippen LogP contribution in [-0.4, -0.2) is 36.6 Å². The zero-order valence-corrected chi connectivity index (χ0v) is 13.7. The van der Waals surface area contributed by atoms with E-state index in [1.54, 1.807) is 14.2 Å². The van der Waals surface area contributed by atoms with Gasteiger partial charge in [-0.2, -0.15) is 0 Å². The van der Waals surface area contributed by atoms with Crippen molar-refractivity contribution in [2.45, 2.75) is 43.5 Å². The van der Waals surface area contributed by atoms with Gasteiger partial charge >= 0.3 is 0 Å². The predicted molar refractivity (Wildman–Crippen MR) is 89.7 cm³/mol. The molecule has 0 saturated carbocycles. The zero-order chi connectivity index (χ0) is 16.1. The minimum absolute atomic E-state index is 0.521. The lowest BCUT2D eigenvalue weighted by Gasteiger charge is -2.43. The van der Waals surface area contributed by atoms with Crippen molar-refractivity contribution in [3.8, 4) is 0 Å². The van der Waals surface area contributed by atoms with Crippen LogP contribution >= 0.6 is 0 Å². The second-order valence-corrected chi connectivity index (χ2v) is 5.73. The summed E-state index contributed by atoms with van der Waals surface area (Å²) >= 11 is 0. The molecule has 22 heavy (non-hydrogen) atoms. The lowest BCUT2D eigenvalue weighted by molar-refractivity contribution is -0.00214. The van der Waals surface area contributed by atoms with Crippen LogP contribution in [0.3, 0.4) is 0 Å². The number of aliphatic hydroxyl groups is 1. The van der Waals surface area contributed by atoms with Crippen LogP contribution < -0.4 is 0 Å². The summed E-state index contributed by atoms with van der Waals surface area (Å²) in [4.78, 5) is 0.